The van der Waals surface area contributed by atoms with Crippen LogP contribution in [0.4, 0.5) is 10.5 Å². The van der Waals surface area contributed by atoms with Crippen molar-refractivity contribution in [2.45, 2.75) is 25.8 Å². The summed E-state index contributed by atoms with van der Waals surface area (Å²) in [6, 6.07) is -0.301. The molecule has 7 nitrogen and oxygen atoms in total. The van der Waals surface area contributed by atoms with E-state index >= 15 is 0 Å². The Balaban J connectivity index is 2.18. The van der Waals surface area contributed by atoms with Gasteiger partial charge in [0.25, 0.3) is 0 Å². The average molecular weight is 300 g/mol. The smallest absolute Gasteiger partial charge is 0.325 e. The van der Waals surface area contributed by atoms with Crippen LogP contribution in [0, 0.1) is 0 Å². The number of carbonyl (C=O) groups excluding carboxylic acids is 1. The maximum Gasteiger partial charge on any atom is 0.325 e. The maximum atomic E-state index is 11.6. The monoisotopic (exact) mass is 300 g/mol. The van der Waals surface area contributed by atoms with Gasteiger partial charge in [0.05, 0.1) is 11.9 Å². The fraction of sp³-hybridized carbons (Fsp3) is 0.583. The Labute approximate surface area is 122 Å². The molecule has 0 spiro atoms. The van der Waals surface area contributed by atoms with Crippen molar-refractivity contribution in [3.63, 3.8) is 0 Å². The van der Waals surface area contributed by atoms with Crippen LogP contribution >= 0.6 is 11.8 Å². The number of carboxylic acid groups (broad SMARTS) is 1. The number of anilines is 1. The minimum absolute atomic E-state index is 0.223. The number of carbonyl (C=O) groups is 2. The van der Waals surface area contributed by atoms with Gasteiger partial charge in [-0.15, -0.1) is 0 Å². The van der Waals surface area contributed by atoms with Crippen LogP contribution in [0.25, 0.3) is 0 Å². The molecule has 1 heterocycles. The molecule has 0 radical (unpaired) electrons. The van der Waals surface area contributed by atoms with Gasteiger partial charge in [-0.2, -0.15) is 16.9 Å². The zero-order valence-electron chi connectivity index (χ0n) is 11.5. The van der Waals surface area contributed by atoms with Crippen LogP contribution in [0.2, 0.25) is 0 Å². The predicted molar refractivity (Wildman–Crippen MR) is 79.1 cm³/mol. The fourth-order valence-electron chi connectivity index (χ4n) is 1.58. The quantitative estimate of drug-likeness (QED) is 0.602. The highest BCUT2D eigenvalue weighted by Crippen LogP contribution is 2.04. The molecule has 0 atom stereocenters. The van der Waals surface area contributed by atoms with E-state index in [0.717, 1.165) is 25.0 Å². The number of hydrogen-bond acceptors (Lipinski definition) is 4. The van der Waals surface area contributed by atoms with Gasteiger partial charge in [0, 0.05) is 12.7 Å². The van der Waals surface area contributed by atoms with Gasteiger partial charge in [-0.1, -0.05) is 6.42 Å². The lowest BCUT2D eigenvalue weighted by atomic mass is 10.2. The van der Waals surface area contributed by atoms with Crippen LogP contribution in [0.5, 0.6) is 0 Å². The van der Waals surface area contributed by atoms with Crippen molar-refractivity contribution in [3.05, 3.63) is 12.4 Å². The largest absolute Gasteiger partial charge is 0.480 e. The minimum atomic E-state index is -0.977. The van der Waals surface area contributed by atoms with Gasteiger partial charge in [-0.05, 0) is 24.9 Å². The van der Waals surface area contributed by atoms with Gasteiger partial charge in [0.2, 0.25) is 0 Å². The van der Waals surface area contributed by atoms with Gasteiger partial charge < -0.3 is 15.7 Å². The molecule has 3 N–H and O–H groups in total. The molecule has 0 unspecified atom stereocenters. The summed E-state index contributed by atoms with van der Waals surface area (Å²) >= 11 is 1.82. The molecule has 112 valence electrons. The van der Waals surface area contributed by atoms with Crippen molar-refractivity contribution in [1.29, 1.82) is 0 Å². The van der Waals surface area contributed by atoms with Crippen LogP contribution in [0.15, 0.2) is 12.4 Å². The number of nitrogens with one attached hydrogen (secondary N) is 2. The van der Waals surface area contributed by atoms with E-state index in [2.05, 4.69) is 22.0 Å². The molecular weight excluding hydrogens is 280 g/mol. The third-order valence-corrected chi connectivity index (χ3v) is 3.20. The van der Waals surface area contributed by atoms with Gasteiger partial charge in [0.1, 0.15) is 6.54 Å². The molecule has 0 aromatic carbocycles. The van der Waals surface area contributed by atoms with Gasteiger partial charge in [-0.3, -0.25) is 9.48 Å². The molecule has 1 aromatic rings. The van der Waals surface area contributed by atoms with Crippen molar-refractivity contribution in [2.24, 2.45) is 0 Å². The lowest BCUT2D eigenvalue weighted by molar-refractivity contribution is -0.137. The first-order valence-electron chi connectivity index (χ1n) is 6.40. The predicted octanol–water partition coefficient (Wildman–Crippen LogP) is 1.62. The highest BCUT2D eigenvalue weighted by Gasteiger charge is 2.05. The Morgan fingerprint density at radius 2 is 2.20 bits per heavy atom. The highest BCUT2D eigenvalue weighted by atomic mass is 32.2. The molecule has 0 bridgehead atoms. The highest BCUT2D eigenvalue weighted by molar-refractivity contribution is 7.98. The molecule has 0 aliphatic carbocycles. The van der Waals surface area contributed by atoms with E-state index in [1.54, 1.807) is 0 Å². The van der Waals surface area contributed by atoms with Crippen LogP contribution in [0.3, 0.4) is 0 Å². The van der Waals surface area contributed by atoms with Crippen molar-refractivity contribution < 1.29 is 14.7 Å². The molecule has 0 aliphatic rings. The van der Waals surface area contributed by atoms with E-state index in [1.807, 2.05) is 11.8 Å². The van der Waals surface area contributed by atoms with Crippen LogP contribution < -0.4 is 10.6 Å². The molecule has 0 saturated heterocycles. The first-order chi connectivity index (χ1) is 9.61. The standard InChI is InChI=1S/C12H20N4O3S/c1-20-6-4-2-3-5-13-12(19)15-10-7-14-16(8-10)9-11(17)18/h7-8H,2-6,9H2,1H3,(H,17,18)(H2,13,15,19). The molecule has 0 aliphatic heterocycles. The molecule has 1 aromatic heterocycles. The summed E-state index contributed by atoms with van der Waals surface area (Å²) < 4.78 is 1.25. The summed E-state index contributed by atoms with van der Waals surface area (Å²) in [6.07, 6.45) is 8.18. The Hall–Kier alpha value is -1.70. The molecule has 0 fully saturated rings. The van der Waals surface area contributed by atoms with E-state index < -0.39 is 5.97 Å². The normalized spacial score (nSPS) is 10.2. The Morgan fingerprint density at radius 3 is 2.90 bits per heavy atom. The van der Waals surface area contributed by atoms with E-state index in [1.165, 1.54) is 17.1 Å². The van der Waals surface area contributed by atoms with E-state index in [9.17, 15) is 9.59 Å². The summed E-state index contributed by atoms with van der Waals surface area (Å²) in [5.74, 6) is 0.170. The van der Waals surface area contributed by atoms with E-state index in [0.29, 0.717) is 12.2 Å². The number of aromatic nitrogens is 2. The van der Waals surface area contributed by atoms with Gasteiger partial charge in [0.15, 0.2) is 0 Å². The van der Waals surface area contributed by atoms with Crippen molar-refractivity contribution in [1.82, 2.24) is 15.1 Å². The number of aliphatic carboxylic acids is 1. The fourth-order valence-corrected chi connectivity index (χ4v) is 2.07. The topological polar surface area (TPSA) is 96.3 Å². The second-order valence-electron chi connectivity index (χ2n) is 4.25. The summed E-state index contributed by atoms with van der Waals surface area (Å²) in [5.41, 5.74) is 0.478. The number of urea groups is 1. The van der Waals surface area contributed by atoms with Crippen LogP contribution in [-0.2, 0) is 11.3 Å². The summed E-state index contributed by atoms with van der Waals surface area (Å²) in [4.78, 5) is 22.0. The van der Waals surface area contributed by atoms with Crippen LogP contribution in [0.1, 0.15) is 19.3 Å². The number of unbranched alkanes of at least 4 members (excludes halogenated alkanes) is 2. The number of nitrogens with zero attached hydrogens (tertiary/aromatic N) is 2. The summed E-state index contributed by atoms with van der Waals surface area (Å²) in [7, 11) is 0. The zero-order valence-corrected chi connectivity index (χ0v) is 12.3. The van der Waals surface area contributed by atoms with Crippen LogP contribution in [-0.4, -0.2) is 45.4 Å². The number of rotatable bonds is 9. The maximum absolute atomic E-state index is 11.6. The van der Waals surface area contributed by atoms with E-state index in [4.69, 9.17) is 5.11 Å². The molecule has 2 amide bonds. The van der Waals surface area contributed by atoms with Crippen molar-refractivity contribution >= 4 is 29.4 Å². The third-order valence-electron chi connectivity index (χ3n) is 2.50. The average Bonchev–Trinajstić information content (AvgIpc) is 2.80. The second-order valence-corrected chi connectivity index (χ2v) is 5.24. The molecule has 1 rings (SSSR count). The number of thioether (sulfide) groups is 1. The van der Waals surface area contributed by atoms with Gasteiger partial charge in [-0.25, -0.2) is 4.79 Å². The first kappa shape index (κ1) is 16.4. The lowest BCUT2D eigenvalue weighted by Crippen LogP contribution is -2.29. The number of carboxylic acids is 1. The van der Waals surface area contributed by atoms with Gasteiger partial charge >= 0.3 is 12.0 Å². The van der Waals surface area contributed by atoms with Crippen molar-refractivity contribution in [2.75, 3.05) is 23.9 Å². The molecule has 20 heavy (non-hydrogen) atoms. The van der Waals surface area contributed by atoms with E-state index in [-0.39, 0.29) is 12.6 Å². The minimum Gasteiger partial charge on any atom is -0.480 e. The summed E-state index contributed by atoms with van der Waals surface area (Å²) in [5, 5.41) is 17.8. The molecular formula is C12H20N4O3S. The zero-order chi connectivity index (χ0) is 14.8. The lowest BCUT2D eigenvalue weighted by Gasteiger charge is -2.05. The molecule has 8 heteroatoms. The molecule has 0 saturated carbocycles. The Morgan fingerprint density at radius 1 is 1.40 bits per heavy atom. The van der Waals surface area contributed by atoms with Crippen molar-refractivity contribution in [3.8, 4) is 0 Å². The SMILES string of the molecule is CSCCCCCNC(=O)Nc1cnn(CC(=O)O)c1. The second kappa shape index (κ2) is 9.24. The number of hydrogen-bond donors (Lipinski definition) is 3. The number of amides is 2. The summed E-state index contributed by atoms with van der Waals surface area (Å²) in [6.45, 7) is 0.405. The Bertz CT molecular complexity index is 436. The first-order valence-corrected chi connectivity index (χ1v) is 7.79. The Kier molecular flexibility index (Phi) is 7.56. The third kappa shape index (κ3) is 7.03.